The molecule has 0 radical (unpaired) electrons. The maximum Gasteiger partial charge on any atom is 0.136 e. The van der Waals surface area contributed by atoms with Gasteiger partial charge >= 0.3 is 0 Å². The van der Waals surface area contributed by atoms with E-state index in [1.807, 2.05) is 24.3 Å². The predicted molar refractivity (Wildman–Crippen MR) is 66.0 cm³/mol. The molecule has 1 heterocycles. The first kappa shape index (κ1) is 10.7. The van der Waals surface area contributed by atoms with Crippen molar-refractivity contribution in [3.63, 3.8) is 0 Å². The summed E-state index contributed by atoms with van der Waals surface area (Å²) in [5.74, 6) is 0.851. The van der Waals surface area contributed by atoms with Crippen LogP contribution in [0.2, 0.25) is 5.15 Å². The summed E-state index contributed by atoms with van der Waals surface area (Å²) in [6.07, 6.45) is 1.69. The van der Waals surface area contributed by atoms with Gasteiger partial charge in [-0.15, -0.1) is 0 Å². The van der Waals surface area contributed by atoms with Crippen molar-refractivity contribution in [2.45, 2.75) is 0 Å². The summed E-state index contributed by atoms with van der Waals surface area (Å²) in [5.41, 5.74) is 0. The Morgan fingerprint density at radius 1 is 1.33 bits per heavy atom. The molecule has 0 aliphatic rings. The third-order valence-electron chi connectivity index (χ3n) is 2.03. The Morgan fingerprint density at radius 2 is 2.20 bits per heavy atom. The lowest BCUT2D eigenvalue weighted by Gasteiger charge is -2.05. The molecule has 4 heteroatoms. The molecule has 78 valence electrons. The van der Waals surface area contributed by atoms with E-state index in [9.17, 15) is 0 Å². The highest BCUT2D eigenvalue weighted by atomic mass is 79.9. The van der Waals surface area contributed by atoms with Gasteiger partial charge < -0.3 is 4.74 Å². The van der Waals surface area contributed by atoms with Crippen molar-refractivity contribution in [3.05, 3.63) is 35.6 Å². The van der Waals surface area contributed by atoms with Gasteiger partial charge in [0.2, 0.25) is 0 Å². The second kappa shape index (κ2) is 4.81. The van der Waals surface area contributed by atoms with E-state index < -0.39 is 0 Å². The largest absolute Gasteiger partial charge is 0.493 e. The molecule has 2 rings (SSSR count). The lowest BCUT2D eigenvalue weighted by Crippen LogP contribution is -1.97. The smallest absolute Gasteiger partial charge is 0.136 e. The standard InChI is InChI=1S/C11H9BrClNO/c12-4-6-15-9-1-2-10-8(7-9)3-5-14-11(10)13/h1-3,5,7H,4,6H2. The number of ether oxygens (including phenoxy) is 1. The van der Waals surface area contributed by atoms with Crippen molar-refractivity contribution < 1.29 is 4.74 Å². The van der Waals surface area contributed by atoms with Crippen LogP contribution in [0.1, 0.15) is 0 Å². The second-order valence-electron chi connectivity index (χ2n) is 3.02. The van der Waals surface area contributed by atoms with Gasteiger partial charge in [0, 0.05) is 16.9 Å². The Bertz CT molecular complexity index is 475. The van der Waals surface area contributed by atoms with Crippen molar-refractivity contribution in [2.75, 3.05) is 11.9 Å². The highest BCUT2D eigenvalue weighted by molar-refractivity contribution is 9.09. The zero-order valence-corrected chi connectivity index (χ0v) is 10.3. The molecule has 1 aromatic carbocycles. The Kier molecular flexibility index (Phi) is 3.44. The van der Waals surface area contributed by atoms with Crippen LogP contribution in [0.25, 0.3) is 10.8 Å². The number of rotatable bonds is 3. The number of hydrogen-bond acceptors (Lipinski definition) is 2. The van der Waals surface area contributed by atoms with E-state index in [2.05, 4.69) is 20.9 Å². The monoisotopic (exact) mass is 285 g/mol. The van der Waals surface area contributed by atoms with Crippen LogP contribution in [0.4, 0.5) is 0 Å². The quantitative estimate of drug-likeness (QED) is 0.634. The van der Waals surface area contributed by atoms with Gasteiger partial charge in [-0.1, -0.05) is 27.5 Å². The number of pyridine rings is 1. The van der Waals surface area contributed by atoms with Gasteiger partial charge in [0.1, 0.15) is 10.9 Å². The summed E-state index contributed by atoms with van der Waals surface area (Å²) in [6, 6.07) is 7.71. The van der Waals surface area contributed by atoms with Crippen LogP contribution in [0, 0.1) is 0 Å². The Balaban J connectivity index is 2.39. The lowest BCUT2D eigenvalue weighted by molar-refractivity contribution is 0.345. The van der Waals surface area contributed by atoms with E-state index in [1.54, 1.807) is 6.20 Å². The minimum atomic E-state index is 0.527. The van der Waals surface area contributed by atoms with Gasteiger partial charge in [0.05, 0.1) is 6.61 Å². The second-order valence-corrected chi connectivity index (χ2v) is 4.17. The summed E-state index contributed by atoms with van der Waals surface area (Å²) < 4.78 is 5.49. The molecule has 0 unspecified atom stereocenters. The zero-order valence-electron chi connectivity index (χ0n) is 7.91. The fourth-order valence-corrected chi connectivity index (χ4v) is 1.76. The van der Waals surface area contributed by atoms with Gasteiger partial charge in [0.25, 0.3) is 0 Å². The third-order valence-corrected chi connectivity index (χ3v) is 2.66. The molecule has 0 spiro atoms. The Morgan fingerprint density at radius 3 is 3.00 bits per heavy atom. The van der Waals surface area contributed by atoms with Crippen molar-refractivity contribution in [1.29, 1.82) is 0 Å². The molecule has 0 aliphatic heterocycles. The number of aromatic nitrogens is 1. The number of alkyl halides is 1. The van der Waals surface area contributed by atoms with E-state index in [4.69, 9.17) is 16.3 Å². The molecule has 0 atom stereocenters. The number of benzene rings is 1. The first-order chi connectivity index (χ1) is 7.31. The molecule has 0 fully saturated rings. The van der Waals surface area contributed by atoms with Crippen LogP contribution in [-0.4, -0.2) is 16.9 Å². The average Bonchev–Trinajstić information content (AvgIpc) is 2.26. The van der Waals surface area contributed by atoms with Crippen molar-refractivity contribution in [1.82, 2.24) is 4.98 Å². The van der Waals surface area contributed by atoms with E-state index >= 15 is 0 Å². The highest BCUT2D eigenvalue weighted by Gasteiger charge is 2.01. The minimum Gasteiger partial charge on any atom is -0.493 e. The number of hydrogen-bond donors (Lipinski definition) is 0. The average molecular weight is 287 g/mol. The molecule has 2 nitrogen and oxygen atoms in total. The molecular weight excluding hydrogens is 277 g/mol. The van der Waals surface area contributed by atoms with Crippen LogP contribution in [-0.2, 0) is 0 Å². The fraction of sp³-hybridized carbons (Fsp3) is 0.182. The maximum atomic E-state index is 5.95. The molecule has 0 saturated heterocycles. The van der Waals surface area contributed by atoms with Crippen molar-refractivity contribution in [2.24, 2.45) is 0 Å². The lowest BCUT2D eigenvalue weighted by atomic mass is 10.2. The van der Waals surface area contributed by atoms with Crippen LogP contribution < -0.4 is 4.74 Å². The topological polar surface area (TPSA) is 22.1 Å². The molecule has 0 N–H and O–H groups in total. The zero-order chi connectivity index (χ0) is 10.7. The van der Waals surface area contributed by atoms with E-state index in [1.165, 1.54) is 0 Å². The molecule has 2 aromatic rings. The number of fused-ring (bicyclic) bond motifs is 1. The molecule has 0 amide bonds. The maximum absolute atomic E-state index is 5.95. The third kappa shape index (κ3) is 2.41. The predicted octanol–water partition coefficient (Wildman–Crippen LogP) is 3.66. The van der Waals surface area contributed by atoms with Crippen LogP contribution >= 0.6 is 27.5 Å². The summed E-state index contributed by atoms with van der Waals surface area (Å²) >= 11 is 9.27. The summed E-state index contributed by atoms with van der Waals surface area (Å²) in [5, 5.41) is 3.34. The van der Waals surface area contributed by atoms with Crippen molar-refractivity contribution in [3.8, 4) is 5.75 Å². The van der Waals surface area contributed by atoms with Gasteiger partial charge in [-0.3, -0.25) is 0 Å². The first-order valence-corrected chi connectivity index (χ1v) is 6.04. The van der Waals surface area contributed by atoms with Crippen LogP contribution in [0.5, 0.6) is 5.75 Å². The minimum absolute atomic E-state index is 0.527. The van der Waals surface area contributed by atoms with Crippen molar-refractivity contribution >= 4 is 38.3 Å². The van der Waals surface area contributed by atoms with Gasteiger partial charge in [-0.05, 0) is 29.7 Å². The Hall–Kier alpha value is -0.800. The summed E-state index contributed by atoms with van der Waals surface area (Å²) in [6.45, 7) is 0.657. The van der Waals surface area contributed by atoms with E-state index in [0.29, 0.717) is 11.8 Å². The van der Waals surface area contributed by atoms with Crippen LogP contribution in [0.3, 0.4) is 0 Å². The van der Waals surface area contributed by atoms with Crippen LogP contribution in [0.15, 0.2) is 30.5 Å². The van der Waals surface area contributed by atoms with E-state index in [0.717, 1.165) is 21.9 Å². The number of halogens is 2. The molecule has 15 heavy (non-hydrogen) atoms. The summed E-state index contributed by atoms with van der Waals surface area (Å²) in [4.78, 5) is 4.02. The van der Waals surface area contributed by atoms with Gasteiger partial charge in [-0.2, -0.15) is 0 Å². The number of nitrogens with zero attached hydrogens (tertiary/aromatic N) is 1. The fourth-order valence-electron chi connectivity index (χ4n) is 1.37. The SMILES string of the molecule is Clc1nccc2cc(OCCBr)ccc12. The molecule has 0 aliphatic carbocycles. The normalized spacial score (nSPS) is 10.5. The molecule has 0 saturated carbocycles. The van der Waals surface area contributed by atoms with Gasteiger partial charge in [0.15, 0.2) is 0 Å². The molecule has 1 aromatic heterocycles. The first-order valence-electron chi connectivity index (χ1n) is 4.54. The molecular formula is C11H9BrClNO. The molecule has 0 bridgehead atoms. The van der Waals surface area contributed by atoms with E-state index in [-0.39, 0.29) is 0 Å². The van der Waals surface area contributed by atoms with Gasteiger partial charge in [-0.25, -0.2) is 4.98 Å². The highest BCUT2D eigenvalue weighted by Crippen LogP contribution is 2.25. The Labute approximate surface area is 101 Å². The summed E-state index contributed by atoms with van der Waals surface area (Å²) in [7, 11) is 0.